The summed E-state index contributed by atoms with van der Waals surface area (Å²) in [4.78, 5) is 14.1. The number of hydrogen-bond donors (Lipinski definition) is 1. The third-order valence-corrected chi connectivity index (χ3v) is 3.43. The summed E-state index contributed by atoms with van der Waals surface area (Å²) in [5, 5.41) is 12.8. The maximum absolute atomic E-state index is 11.4. The van der Waals surface area contributed by atoms with E-state index in [9.17, 15) is 9.90 Å². The van der Waals surface area contributed by atoms with Crippen LogP contribution in [0.2, 0.25) is 0 Å². The van der Waals surface area contributed by atoms with Gasteiger partial charge in [0.05, 0.1) is 6.54 Å². The average Bonchev–Trinajstić information content (AvgIpc) is 3.16. The highest BCUT2D eigenvalue weighted by atomic mass is 16.4. The van der Waals surface area contributed by atoms with Crippen LogP contribution in [0.3, 0.4) is 0 Å². The Bertz CT molecular complexity index is 709. The minimum Gasteiger partial charge on any atom is -0.477 e. The molecule has 2 heterocycles. The molecule has 3 rings (SSSR count). The van der Waals surface area contributed by atoms with E-state index in [0.29, 0.717) is 11.5 Å². The van der Waals surface area contributed by atoms with Gasteiger partial charge in [-0.25, -0.2) is 4.79 Å². The molecule has 96 valence electrons. The van der Waals surface area contributed by atoms with Crippen molar-refractivity contribution in [2.75, 3.05) is 0 Å². The molecule has 6 heteroatoms. The Labute approximate surface area is 108 Å². The summed E-state index contributed by atoms with van der Waals surface area (Å²) in [6, 6.07) is 5.71. The Balaban J connectivity index is 2.18. The lowest BCUT2D eigenvalue weighted by atomic mass is 10.2. The summed E-state index contributed by atoms with van der Waals surface area (Å²) in [5.74, 6) is -0.440. The van der Waals surface area contributed by atoms with Crippen LogP contribution >= 0.6 is 0 Å². The second kappa shape index (κ2) is 4.33. The standard InChI is InChI=1S/C13H12N4O2/c14-16-15-6-10-5-11-4-3-9(8-1-2-8)7-17(11)12(10)13(18)19/h3-5,7-8H,1-2,6H2,(H,18,19). The first-order valence-electron chi connectivity index (χ1n) is 6.08. The lowest BCUT2D eigenvalue weighted by molar-refractivity contribution is 0.0688. The van der Waals surface area contributed by atoms with Gasteiger partial charge >= 0.3 is 5.97 Å². The molecule has 0 atom stereocenters. The van der Waals surface area contributed by atoms with Crippen LogP contribution in [-0.4, -0.2) is 15.5 Å². The molecular formula is C13H12N4O2. The second-order valence-corrected chi connectivity index (χ2v) is 4.74. The zero-order valence-corrected chi connectivity index (χ0v) is 10.2. The van der Waals surface area contributed by atoms with E-state index >= 15 is 0 Å². The molecule has 2 aromatic heterocycles. The van der Waals surface area contributed by atoms with Crippen LogP contribution in [0.5, 0.6) is 0 Å². The smallest absolute Gasteiger partial charge is 0.353 e. The number of pyridine rings is 1. The summed E-state index contributed by atoms with van der Waals surface area (Å²) in [6.45, 7) is 0.0541. The minimum atomic E-state index is -1.00. The predicted molar refractivity (Wildman–Crippen MR) is 69.2 cm³/mol. The van der Waals surface area contributed by atoms with Crippen LogP contribution in [0.1, 0.15) is 40.4 Å². The third-order valence-electron chi connectivity index (χ3n) is 3.43. The van der Waals surface area contributed by atoms with Gasteiger partial charge in [0.1, 0.15) is 5.69 Å². The van der Waals surface area contributed by atoms with E-state index in [4.69, 9.17) is 5.53 Å². The molecule has 1 aliphatic rings. The molecule has 0 unspecified atom stereocenters. The minimum absolute atomic E-state index is 0.0541. The lowest BCUT2D eigenvalue weighted by Gasteiger charge is -2.03. The Morgan fingerprint density at radius 3 is 2.95 bits per heavy atom. The van der Waals surface area contributed by atoms with E-state index in [1.807, 2.05) is 18.3 Å². The first-order chi connectivity index (χ1) is 9.20. The molecule has 0 spiro atoms. The molecule has 0 aliphatic heterocycles. The van der Waals surface area contributed by atoms with Gasteiger partial charge < -0.3 is 9.51 Å². The molecule has 1 N–H and O–H groups in total. The second-order valence-electron chi connectivity index (χ2n) is 4.74. The number of carbonyl (C=O) groups is 1. The van der Waals surface area contributed by atoms with Gasteiger partial charge in [-0.1, -0.05) is 11.2 Å². The van der Waals surface area contributed by atoms with Gasteiger partial charge in [-0.15, -0.1) is 0 Å². The first-order valence-corrected chi connectivity index (χ1v) is 6.08. The summed E-state index contributed by atoms with van der Waals surface area (Å²) in [6.07, 6.45) is 4.22. The van der Waals surface area contributed by atoms with Crippen LogP contribution in [0.25, 0.3) is 16.0 Å². The van der Waals surface area contributed by atoms with Gasteiger partial charge in [0.25, 0.3) is 0 Å². The molecule has 0 saturated heterocycles. The van der Waals surface area contributed by atoms with E-state index in [0.717, 1.165) is 5.52 Å². The maximum Gasteiger partial charge on any atom is 0.353 e. The van der Waals surface area contributed by atoms with Crippen molar-refractivity contribution in [1.29, 1.82) is 0 Å². The molecule has 6 nitrogen and oxygen atoms in total. The number of rotatable bonds is 4. The monoisotopic (exact) mass is 256 g/mol. The SMILES string of the molecule is [N-]=[N+]=NCc1cc2ccc(C3CC3)cn2c1C(=O)O. The highest BCUT2D eigenvalue weighted by Gasteiger charge is 2.25. The van der Waals surface area contributed by atoms with E-state index in [1.54, 1.807) is 10.5 Å². The molecule has 1 saturated carbocycles. The Kier molecular flexibility index (Phi) is 2.65. The number of aromatic nitrogens is 1. The number of fused-ring (bicyclic) bond motifs is 1. The van der Waals surface area contributed by atoms with Crippen LogP contribution in [-0.2, 0) is 6.54 Å². The predicted octanol–water partition coefficient (Wildman–Crippen LogP) is 3.33. The highest BCUT2D eigenvalue weighted by Crippen LogP contribution is 2.40. The van der Waals surface area contributed by atoms with E-state index in [-0.39, 0.29) is 12.2 Å². The fourth-order valence-electron chi connectivity index (χ4n) is 2.37. The summed E-state index contributed by atoms with van der Waals surface area (Å²) in [7, 11) is 0. The fraction of sp³-hybridized carbons (Fsp3) is 0.308. The summed E-state index contributed by atoms with van der Waals surface area (Å²) in [5.41, 5.74) is 11.1. The van der Waals surface area contributed by atoms with Crippen LogP contribution < -0.4 is 0 Å². The van der Waals surface area contributed by atoms with Crippen molar-refractivity contribution in [1.82, 2.24) is 4.40 Å². The molecule has 0 aromatic carbocycles. The number of hydrogen-bond acceptors (Lipinski definition) is 2. The fourth-order valence-corrected chi connectivity index (χ4v) is 2.37. The number of carboxylic acid groups (broad SMARTS) is 1. The molecule has 1 fully saturated rings. The van der Waals surface area contributed by atoms with E-state index in [1.165, 1.54) is 18.4 Å². The quantitative estimate of drug-likeness (QED) is 0.516. The van der Waals surface area contributed by atoms with Crippen molar-refractivity contribution < 1.29 is 9.90 Å². The molecule has 1 aliphatic carbocycles. The van der Waals surface area contributed by atoms with Crippen molar-refractivity contribution in [3.63, 3.8) is 0 Å². The third kappa shape index (κ3) is 2.02. The Hall–Kier alpha value is -2.46. The zero-order valence-electron chi connectivity index (χ0n) is 10.2. The normalized spacial score (nSPS) is 14.3. The summed E-state index contributed by atoms with van der Waals surface area (Å²) < 4.78 is 1.68. The molecule has 2 aromatic rings. The number of azide groups is 1. The molecule has 0 amide bonds. The molecular weight excluding hydrogens is 244 g/mol. The van der Waals surface area contributed by atoms with Crippen molar-refractivity contribution in [3.8, 4) is 0 Å². The topological polar surface area (TPSA) is 90.5 Å². The van der Waals surface area contributed by atoms with Gasteiger partial charge in [0, 0.05) is 16.6 Å². The van der Waals surface area contributed by atoms with Gasteiger partial charge in [0.2, 0.25) is 0 Å². The zero-order chi connectivity index (χ0) is 13.4. The van der Waals surface area contributed by atoms with E-state index < -0.39 is 5.97 Å². The summed E-state index contributed by atoms with van der Waals surface area (Å²) >= 11 is 0. The van der Waals surface area contributed by atoms with Crippen LogP contribution in [0.4, 0.5) is 0 Å². The van der Waals surface area contributed by atoms with Crippen LogP contribution in [0.15, 0.2) is 29.5 Å². The van der Waals surface area contributed by atoms with Gasteiger partial charge in [-0.2, -0.15) is 0 Å². The van der Waals surface area contributed by atoms with Gasteiger partial charge in [-0.05, 0) is 47.6 Å². The average molecular weight is 256 g/mol. The van der Waals surface area contributed by atoms with Crippen molar-refractivity contribution >= 4 is 11.5 Å². The lowest BCUT2D eigenvalue weighted by Crippen LogP contribution is -2.05. The van der Waals surface area contributed by atoms with Crippen molar-refractivity contribution in [2.24, 2.45) is 5.11 Å². The highest BCUT2D eigenvalue weighted by molar-refractivity contribution is 5.89. The van der Waals surface area contributed by atoms with Crippen LogP contribution in [0, 0.1) is 0 Å². The Morgan fingerprint density at radius 2 is 2.32 bits per heavy atom. The van der Waals surface area contributed by atoms with Crippen molar-refractivity contribution in [3.05, 3.63) is 51.7 Å². The molecule has 0 radical (unpaired) electrons. The van der Waals surface area contributed by atoms with Crippen molar-refractivity contribution in [2.45, 2.75) is 25.3 Å². The number of aromatic carboxylic acids is 1. The Morgan fingerprint density at radius 1 is 1.53 bits per heavy atom. The maximum atomic E-state index is 11.4. The number of carboxylic acids is 1. The van der Waals surface area contributed by atoms with Gasteiger partial charge in [0.15, 0.2) is 0 Å². The molecule has 0 bridgehead atoms. The first kappa shape index (κ1) is 11.6. The van der Waals surface area contributed by atoms with E-state index in [2.05, 4.69) is 10.0 Å². The number of nitrogens with zero attached hydrogens (tertiary/aromatic N) is 4. The van der Waals surface area contributed by atoms with Gasteiger partial charge in [-0.3, -0.25) is 0 Å². The molecule has 19 heavy (non-hydrogen) atoms. The largest absolute Gasteiger partial charge is 0.477 e.